The summed E-state index contributed by atoms with van der Waals surface area (Å²) in [6.07, 6.45) is 8.14. The zero-order chi connectivity index (χ0) is 27.6. The van der Waals surface area contributed by atoms with E-state index in [1.54, 1.807) is 0 Å². The number of benzene rings is 6. The van der Waals surface area contributed by atoms with Gasteiger partial charge in [0.25, 0.3) is 0 Å². The predicted octanol–water partition coefficient (Wildman–Crippen LogP) is 11.4. The first-order valence-electron chi connectivity index (χ1n) is 14.6. The smallest absolute Gasteiger partial charge is 0.0548 e. The maximum absolute atomic E-state index is 2.45. The minimum Gasteiger partial charge on any atom is -0.309 e. The van der Waals surface area contributed by atoms with Crippen LogP contribution in [0.25, 0.3) is 64.0 Å². The van der Waals surface area contributed by atoms with Gasteiger partial charge in [0.2, 0.25) is 0 Å². The van der Waals surface area contributed by atoms with Crippen LogP contribution in [0.2, 0.25) is 0 Å². The highest BCUT2D eigenvalue weighted by Crippen LogP contribution is 2.47. The lowest BCUT2D eigenvalue weighted by Gasteiger charge is -2.17. The quantitative estimate of drug-likeness (QED) is 0.205. The third kappa shape index (κ3) is 3.49. The van der Waals surface area contributed by atoms with Crippen molar-refractivity contribution < 1.29 is 0 Å². The zero-order valence-electron chi connectivity index (χ0n) is 23.0. The predicted molar refractivity (Wildman–Crippen MR) is 182 cm³/mol. The topological polar surface area (TPSA) is 4.93 Å². The maximum atomic E-state index is 2.45. The maximum Gasteiger partial charge on any atom is 0.0548 e. The Morgan fingerprint density at radius 2 is 1.33 bits per heavy atom. The van der Waals surface area contributed by atoms with Crippen LogP contribution in [-0.2, 0) is 0 Å². The highest BCUT2D eigenvalue weighted by atomic mass is 32.1. The molecule has 0 radical (unpaired) electrons. The van der Waals surface area contributed by atoms with Crippen LogP contribution in [0.4, 0.5) is 0 Å². The number of thiophene rings is 1. The molecule has 9 rings (SSSR count). The summed E-state index contributed by atoms with van der Waals surface area (Å²) in [7, 11) is 0. The van der Waals surface area contributed by atoms with E-state index in [1.165, 1.54) is 75.1 Å². The highest BCUT2D eigenvalue weighted by Gasteiger charge is 2.22. The van der Waals surface area contributed by atoms with Crippen molar-refractivity contribution in [3.05, 3.63) is 157 Å². The molecule has 8 aromatic rings. The molecule has 1 nitrogen and oxygen atoms in total. The van der Waals surface area contributed by atoms with Crippen molar-refractivity contribution in [3.8, 4) is 5.69 Å². The van der Waals surface area contributed by atoms with Gasteiger partial charge >= 0.3 is 0 Å². The normalized spacial score (nSPS) is 15.3. The van der Waals surface area contributed by atoms with Gasteiger partial charge < -0.3 is 4.57 Å². The van der Waals surface area contributed by atoms with E-state index >= 15 is 0 Å². The first-order valence-corrected chi connectivity index (χ1v) is 15.5. The van der Waals surface area contributed by atoms with E-state index in [0.29, 0.717) is 5.92 Å². The fraction of sp³-hybridized carbons (Fsp3) is 0.0500. The number of fused-ring (bicyclic) bond motifs is 9. The fourth-order valence-corrected chi connectivity index (χ4v) is 8.31. The Morgan fingerprint density at radius 1 is 0.595 bits per heavy atom. The van der Waals surface area contributed by atoms with Crippen molar-refractivity contribution in [2.45, 2.75) is 12.3 Å². The molecule has 0 aliphatic heterocycles. The van der Waals surface area contributed by atoms with Gasteiger partial charge in [-0.05, 0) is 64.2 Å². The summed E-state index contributed by atoms with van der Waals surface area (Å²) in [5.41, 5.74) is 7.75. The number of nitrogens with zero attached hydrogens (tertiary/aromatic N) is 1. The van der Waals surface area contributed by atoms with Gasteiger partial charge in [0.05, 0.1) is 11.0 Å². The average molecular weight is 554 g/mol. The van der Waals surface area contributed by atoms with Crippen molar-refractivity contribution >= 4 is 69.7 Å². The minimum atomic E-state index is 0.371. The van der Waals surface area contributed by atoms with E-state index in [4.69, 9.17) is 0 Å². The summed E-state index contributed by atoms with van der Waals surface area (Å²) < 4.78 is 5.21. The van der Waals surface area contributed by atoms with E-state index in [-0.39, 0.29) is 0 Å². The molecule has 0 amide bonds. The molecule has 2 heteroatoms. The molecule has 2 heterocycles. The molecule has 0 saturated heterocycles. The molecule has 0 saturated carbocycles. The molecule has 0 N–H and O–H groups in total. The monoisotopic (exact) mass is 553 g/mol. The largest absolute Gasteiger partial charge is 0.309 e. The molecule has 1 atom stereocenters. The standard InChI is InChI=1S/C40H27NS/c1-3-10-26(11-4-1)27-18-20-29(21-19-27)32-16-9-17-33-38-36(42-40(32)33)25-24-35-39(38)37-31-15-8-7-12-28(31)22-23-34(37)41(35)30-13-5-2-6-14-30/h1-20,22-25,29H,21H2. The van der Waals surface area contributed by atoms with E-state index in [1.807, 2.05) is 11.3 Å². The van der Waals surface area contributed by atoms with E-state index in [2.05, 4.69) is 150 Å². The molecule has 198 valence electrons. The van der Waals surface area contributed by atoms with Gasteiger partial charge in [0.15, 0.2) is 0 Å². The molecule has 0 fully saturated rings. The van der Waals surface area contributed by atoms with Crippen molar-refractivity contribution in [3.63, 3.8) is 0 Å². The van der Waals surface area contributed by atoms with Crippen molar-refractivity contribution in [2.24, 2.45) is 0 Å². The molecule has 1 unspecified atom stereocenters. The minimum absolute atomic E-state index is 0.371. The van der Waals surface area contributed by atoms with E-state index < -0.39 is 0 Å². The molecule has 1 aliphatic carbocycles. The Kier molecular flexibility index (Phi) is 5.26. The van der Waals surface area contributed by atoms with Crippen LogP contribution < -0.4 is 0 Å². The van der Waals surface area contributed by atoms with Gasteiger partial charge in [-0.15, -0.1) is 11.3 Å². The van der Waals surface area contributed by atoms with Crippen LogP contribution in [0.5, 0.6) is 0 Å². The Labute approximate surface area is 248 Å². The second-order valence-electron chi connectivity index (χ2n) is 11.2. The zero-order valence-corrected chi connectivity index (χ0v) is 23.8. The van der Waals surface area contributed by atoms with Crippen molar-refractivity contribution in [1.29, 1.82) is 0 Å². The third-order valence-electron chi connectivity index (χ3n) is 8.93. The molecular weight excluding hydrogens is 527 g/mol. The van der Waals surface area contributed by atoms with Gasteiger partial charge in [-0.3, -0.25) is 0 Å². The fourth-order valence-electron chi connectivity index (χ4n) is 7.02. The number of allylic oxidation sites excluding steroid dienone is 4. The van der Waals surface area contributed by atoms with Gasteiger partial charge in [0, 0.05) is 42.6 Å². The first-order chi connectivity index (χ1) is 20.8. The number of rotatable bonds is 3. The van der Waals surface area contributed by atoms with Gasteiger partial charge in [-0.2, -0.15) is 0 Å². The van der Waals surface area contributed by atoms with Crippen LogP contribution in [0.15, 0.2) is 146 Å². The summed E-state index contributed by atoms with van der Waals surface area (Å²) in [4.78, 5) is 0. The van der Waals surface area contributed by atoms with Crippen LogP contribution >= 0.6 is 11.3 Å². The second-order valence-corrected chi connectivity index (χ2v) is 12.3. The SMILES string of the molecule is C1=CC(c2cccc3c2sc2ccc4c(c23)c2c3ccccc3ccc2n4-c2ccccc2)CC=C1c1ccccc1. The molecule has 2 aromatic heterocycles. The van der Waals surface area contributed by atoms with Crippen LogP contribution in [0.1, 0.15) is 23.5 Å². The number of para-hydroxylation sites is 1. The van der Waals surface area contributed by atoms with Gasteiger partial charge in [0.1, 0.15) is 0 Å². The lowest BCUT2D eigenvalue weighted by molar-refractivity contribution is 0.866. The summed E-state index contributed by atoms with van der Waals surface area (Å²) in [5, 5.41) is 8.04. The molecule has 42 heavy (non-hydrogen) atoms. The van der Waals surface area contributed by atoms with E-state index in [9.17, 15) is 0 Å². The van der Waals surface area contributed by atoms with Gasteiger partial charge in [-0.25, -0.2) is 0 Å². The third-order valence-corrected chi connectivity index (χ3v) is 10.2. The Bertz CT molecular complexity index is 2370. The average Bonchev–Trinajstić information content (AvgIpc) is 3.61. The summed E-state index contributed by atoms with van der Waals surface area (Å²) >= 11 is 1.95. The lowest BCUT2D eigenvalue weighted by atomic mass is 9.87. The molecule has 1 aliphatic rings. The Balaban J connectivity index is 1.32. The van der Waals surface area contributed by atoms with Crippen LogP contribution in [0.3, 0.4) is 0 Å². The summed E-state index contributed by atoms with van der Waals surface area (Å²) in [5.74, 6) is 0.371. The van der Waals surface area contributed by atoms with Crippen LogP contribution in [0, 0.1) is 0 Å². The first kappa shape index (κ1) is 23.8. The Morgan fingerprint density at radius 3 is 2.17 bits per heavy atom. The molecule has 0 bridgehead atoms. The number of aromatic nitrogens is 1. The van der Waals surface area contributed by atoms with Crippen molar-refractivity contribution in [2.75, 3.05) is 0 Å². The number of hydrogen-bond donors (Lipinski definition) is 0. The summed E-state index contributed by atoms with van der Waals surface area (Å²) in [6.45, 7) is 0. The van der Waals surface area contributed by atoms with E-state index in [0.717, 1.165) is 6.42 Å². The van der Waals surface area contributed by atoms with Gasteiger partial charge in [-0.1, -0.05) is 115 Å². The van der Waals surface area contributed by atoms with Crippen molar-refractivity contribution in [1.82, 2.24) is 4.57 Å². The van der Waals surface area contributed by atoms with Crippen LogP contribution in [-0.4, -0.2) is 4.57 Å². The lowest BCUT2D eigenvalue weighted by Crippen LogP contribution is -1.98. The highest BCUT2D eigenvalue weighted by molar-refractivity contribution is 7.26. The second kappa shape index (κ2) is 9.30. The molecule has 0 spiro atoms. The Hall–Kier alpha value is -4.92. The molecular formula is C40H27NS. The molecule has 6 aromatic carbocycles. The number of hydrogen-bond acceptors (Lipinski definition) is 1. The summed E-state index contributed by atoms with van der Waals surface area (Å²) in [6, 6.07) is 46.5.